The molecule has 0 aliphatic heterocycles. The molecule has 0 saturated heterocycles. The summed E-state index contributed by atoms with van der Waals surface area (Å²) in [4.78, 5) is 0. The van der Waals surface area contributed by atoms with Crippen LogP contribution in [0.5, 0.6) is 0 Å². The highest BCUT2D eigenvalue weighted by Gasteiger charge is 2.14. The van der Waals surface area contributed by atoms with E-state index in [4.69, 9.17) is 0 Å². The molecule has 0 bridgehead atoms. The summed E-state index contributed by atoms with van der Waals surface area (Å²) in [7, 11) is 0. The third-order valence-corrected chi connectivity index (χ3v) is 3.93. The maximum absolute atomic E-state index is 2.36. The lowest BCUT2D eigenvalue weighted by molar-refractivity contribution is 0.966. The third-order valence-electron chi connectivity index (χ3n) is 3.93. The first-order chi connectivity index (χ1) is 8.33. The third kappa shape index (κ3) is 1.18. The summed E-state index contributed by atoms with van der Waals surface area (Å²) in [6.45, 7) is 2.20. The lowest BCUT2D eigenvalue weighted by Gasteiger charge is -2.19. The number of aryl methyl sites for hydroxylation is 3. The Balaban J connectivity index is 2.36. The van der Waals surface area contributed by atoms with Crippen LogP contribution in [-0.4, -0.2) is 0 Å². The molecule has 0 fully saturated rings. The predicted octanol–water partition coefficient (Wildman–Crippen LogP) is 4.40. The van der Waals surface area contributed by atoms with E-state index in [1.54, 1.807) is 0 Å². The summed E-state index contributed by atoms with van der Waals surface area (Å²) in [5.74, 6) is 0. The topological polar surface area (TPSA) is 0 Å². The summed E-state index contributed by atoms with van der Waals surface area (Å²) < 4.78 is 0. The Morgan fingerprint density at radius 1 is 0.765 bits per heavy atom. The summed E-state index contributed by atoms with van der Waals surface area (Å²) in [5, 5.41) is 5.78. The number of rotatable bonds is 0. The molecule has 0 saturated carbocycles. The minimum Gasteiger partial charge on any atom is -0.0614 e. The van der Waals surface area contributed by atoms with E-state index in [1.165, 1.54) is 51.1 Å². The SMILES string of the molecule is Cc1cc2c3c(ccc4cccc(c43)CC2)c1. The summed E-state index contributed by atoms with van der Waals surface area (Å²) >= 11 is 0. The van der Waals surface area contributed by atoms with Gasteiger partial charge in [0.25, 0.3) is 0 Å². The molecule has 0 unspecified atom stereocenters. The monoisotopic (exact) mass is 218 g/mol. The van der Waals surface area contributed by atoms with Crippen LogP contribution in [0.4, 0.5) is 0 Å². The highest BCUT2D eigenvalue weighted by atomic mass is 14.2. The molecular formula is C17H14. The van der Waals surface area contributed by atoms with Crippen molar-refractivity contribution in [1.29, 1.82) is 0 Å². The van der Waals surface area contributed by atoms with Crippen LogP contribution in [-0.2, 0) is 12.8 Å². The number of hydrogen-bond donors (Lipinski definition) is 0. The minimum absolute atomic E-state index is 1.19. The molecule has 4 rings (SSSR count). The summed E-state index contributed by atoms with van der Waals surface area (Å²) in [5.41, 5.74) is 4.43. The van der Waals surface area contributed by atoms with Gasteiger partial charge in [-0.3, -0.25) is 0 Å². The van der Waals surface area contributed by atoms with Crippen molar-refractivity contribution in [2.24, 2.45) is 0 Å². The van der Waals surface area contributed by atoms with Gasteiger partial charge in [-0.25, -0.2) is 0 Å². The highest BCUT2D eigenvalue weighted by Crippen LogP contribution is 2.36. The van der Waals surface area contributed by atoms with Gasteiger partial charge in [0.1, 0.15) is 0 Å². The molecule has 0 heteroatoms. The van der Waals surface area contributed by atoms with Gasteiger partial charge >= 0.3 is 0 Å². The second-order valence-electron chi connectivity index (χ2n) is 5.10. The zero-order chi connectivity index (χ0) is 11.4. The second-order valence-corrected chi connectivity index (χ2v) is 5.10. The largest absolute Gasteiger partial charge is 0.0614 e. The van der Waals surface area contributed by atoms with Crippen molar-refractivity contribution in [3.63, 3.8) is 0 Å². The fourth-order valence-electron chi connectivity index (χ4n) is 3.25. The summed E-state index contributed by atoms with van der Waals surface area (Å²) in [6, 6.07) is 15.9. The molecule has 0 amide bonds. The first-order valence-electron chi connectivity index (χ1n) is 6.27. The van der Waals surface area contributed by atoms with E-state index in [1.807, 2.05) is 0 Å². The van der Waals surface area contributed by atoms with E-state index in [2.05, 4.69) is 49.4 Å². The Morgan fingerprint density at radius 3 is 2.47 bits per heavy atom. The molecule has 0 atom stereocenters. The van der Waals surface area contributed by atoms with Crippen LogP contribution in [0, 0.1) is 6.92 Å². The lowest BCUT2D eigenvalue weighted by atomic mass is 9.85. The molecule has 0 heterocycles. The molecule has 0 radical (unpaired) electrons. The maximum atomic E-state index is 2.36. The van der Waals surface area contributed by atoms with Gasteiger partial charge in [-0.2, -0.15) is 0 Å². The maximum Gasteiger partial charge on any atom is -0.00702 e. The Labute approximate surface area is 101 Å². The van der Waals surface area contributed by atoms with Gasteiger partial charge in [-0.15, -0.1) is 0 Å². The fraction of sp³-hybridized carbons (Fsp3) is 0.176. The number of benzene rings is 3. The van der Waals surface area contributed by atoms with Crippen LogP contribution in [0.2, 0.25) is 0 Å². The highest BCUT2D eigenvalue weighted by molar-refractivity contribution is 6.11. The molecule has 82 valence electrons. The van der Waals surface area contributed by atoms with Crippen LogP contribution in [0.15, 0.2) is 42.5 Å². The molecule has 3 aromatic rings. The van der Waals surface area contributed by atoms with Crippen molar-refractivity contribution in [3.8, 4) is 0 Å². The Hall–Kier alpha value is -1.82. The fourth-order valence-corrected chi connectivity index (χ4v) is 3.25. The van der Waals surface area contributed by atoms with E-state index in [0.29, 0.717) is 0 Å². The molecule has 3 aromatic carbocycles. The van der Waals surface area contributed by atoms with Crippen LogP contribution in [0.3, 0.4) is 0 Å². The van der Waals surface area contributed by atoms with Crippen LogP contribution in [0.1, 0.15) is 16.7 Å². The molecule has 17 heavy (non-hydrogen) atoms. The van der Waals surface area contributed by atoms with Gasteiger partial charge in [-0.1, -0.05) is 48.0 Å². The predicted molar refractivity (Wildman–Crippen MR) is 73.6 cm³/mol. The van der Waals surface area contributed by atoms with E-state index in [-0.39, 0.29) is 0 Å². The van der Waals surface area contributed by atoms with Crippen molar-refractivity contribution in [2.45, 2.75) is 19.8 Å². The second kappa shape index (κ2) is 3.10. The normalized spacial score (nSPS) is 13.7. The van der Waals surface area contributed by atoms with Crippen molar-refractivity contribution in [3.05, 3.63) is 59.2 Å². The Kier molecular flexibility index (Phi) is 1.69. The first-order valence-corrected chi connectivity index (χ1v) is 6.27. The smallest absolute Gasteiger partial charge is 0.00702 e. The lowest BCUT2D eigenvalue weighted by Crippen LogP contribution is -2.01. The van der Waals surface area contributed by atoms with Crippen molar-refractivity contribution in [2.75, 3.05) is 0 Å². The van der Waals surface area contributed by atoms with Gasteiger partial charge in [-0.05, 0) is 52.4 Å². The van der Waals surface area contributed by atoms with Crippen LogP contribution < -0.4 is 0 Å². The van der Waals surface area contributed by atoms with E-state index < -0.39 is 0 Å². The van der Waals surface area contributed by atoms with E-state index in [0.717, 1.165) is 0 Å². The molecule has 0 aromatic heterocycles. The van der Waals surface area contributed by atoms with Gasteiger partial charge < -0.3 is 0 Å². The van der Waals surface area contributed by atoms with Crippen molar-refractivity contribution < 1.29 is 0 Å². The Morgan fingerprint density at radius 2 is 1.53 bits per heavy atom. The first kappa shape index (κ1) is 9.23. The van der Waals surface area contributed by atoms with Crippen molar-refractivity contribution >= 4 is 21.5 Å². The molecule has 0 nitrogen and oxygen atoms in total. The molecule has 1 aliphatic rings. The van der Waals surface area contributed by atoms with E-state index >= 15 is 0 Å². The van der Waals surface area contributed by atoms with Gasteiger partial charge in [0.15, 0.2) is 0 Å². The van der Waals surface area contributed by atoms with E-state index in [9.17, 15) is 0 Å². The standard InChI is InChI=1S/C17H14/c1-11-9-14-7-5-12-3-2-4-13-6-8-15(10-11)17(14)16(12)13/h2-5,7,9-10H,6,8H2,1H3. The summed E-state index contributed by atoms with van der Waals surface area (Å²) in [6.07, 6.45) is 2.38. The van der Waals surface area contributed by atoms with Crippen molar-refractivity contribution in [1.82, 2.24) is 0 Å². The Bertz CT molecular complexity index is 751. The minimum atomic E-state index is 1.19. The van der Waals surface area contributed by atoms with Gasteiger partial charge in [0, 0.05) is 0 Å². The molecule has 0 spiro atoms. The number of hydrogen-bond acceptors (Lipinski definition) is 0. The van der Waals surface area contributed by atoms with Crippen LogP contribution in [0.25, 0.3) is 21.5 Å². The molecule has 0 N–H and O–H groups in total. The van der Waals surface area contributed by atoms with Gasteiger partial charge in [0.05, 0.1) is 0 Å². The zero-order valence-corrected chi connectivity index (χ0v) is 9.96. The van der Waals surface area contributed by atoms with Crippen LogP contribution >= 0.6 is 0 Å². The zero-order valence-electron chi connectivity index (χ0n) is 9.96. The van der Waals surface area contributed by atoms with Gasteiger partial charge in [0.2, 0.25) is 0 Å². The average molecular weight is 218 g/mol. The molecular weight excluding hydrogens is 204 g/mol. The molecule has 1 aliphatic carbocycles. The average Bonchev–Trinajstić information content (AvgIpc) is 2.35. The quantitative estimate of drug-likeness (QED) is 0.491.